The van der Waals surface area contributed by atoms with Crippen LogP contribution in [0.2, 0.25) is 0 Å². The molecule has 2 heterocycles. The molecule has 0 saturated carbocycles. The summed E-state index contributed by atoms with van der Waals surface area (Å²) in [5.74, 6) is 0.808. The summed E-state index contributed by atoms with van der Waals surface area (Å²) in [7, 11) is 0.589. The highest BCUT2D eigenvalue weighted by Gasteiger charge is 2.14. The number of nitrogens with one attached hydrogen (secondary N) is 2. The first-order valence-electron chi connectivity index (χ1n) is 12.7. The quantitative estimate of drug-likeness (QED) is 0.259. The van der Waals surface area contributed by atoms with E-state index in [1.165, 1.54) is 18.4 Å². The molecular weight excluding hydrogens is 545 g/mol. The number of sulfone groups is 1. The summed E-state index contributed by atoms with van der Waals surface area (Å²) >= 11 is 0. The molecule has 0 atom stereocenters. The molecule has 210 valence electrons. The summed E-state index contributed by atoms with van der Waals surface area (Å²) in [6.07, 6.45) is 2.95. The third kappa shape index (κ3) is 6.84. The van der Waals surface area contributed by atoms with Crippen LogP contribution in [0.1, 0.15) is 11.1 Å². The lowest BCUT2D eigenvalue weighted by atomic mass is 10.1. The van der Waals surface area contributed by atoms with Gasteiger partial charge in [0, 0.05) is 37.9 Å². The van der Waals surface area contributed by atoms with Crippen molar-refractivity contribution in [3.05, 3.63) is 95.9 Å². The molecule has 0 bridgehead atoms. The molecule has 0 aliphatic rings. The van der Waals surface area contributed by atoms with E-state index in [1.54, 1.807) is 53.2 Å². The third-order valence-electron chi connectivity index (χ3n) is 6.40. The van der Waals surface area contributed by atoms with Crippen LogP contribution < -0.4 is 15.5 Å². The van der Waals surface area contributed by atoms with Gasteiger partial charge < -0.3 is 14.8 Å². The highest BCUT2D eigenvalue weighted by Crippen LogP contribution is 2.28. The van der Waals surface area contributed by atoms with Gasteiger partial charge in [0.1, 0.15) is 11.6 Å². The zero-order valence-electron chi connectivity index (χ0n) is 22.7. The van der Waals surface area contributed by atoms with Crippen molar-refractivity contribution >= 4 is 55.9 Å². The summed E-state index contributed by atoms with van der Waals surface area (Å²) in [4.78, 5) is 28.0. The van der Waals surface area contributed by atoms with Crippen LogP contribution in [0, 0.1) is 5.82 Å². The van der Waals surface area contributed by atoms with Crippen molar-refractivity contribution in [1.29, 1.82) is 0 Å². The largest absolute Gasteiger partial charge is 0.329 e. The van der Waals surface area contributed by atoms with E-state index in [4.69, 9.17) is 0 Å². The number of aryl methyl sites for hydroxylation is 1. The van der Waals surface area contributed by atoms with Crippen molar-refractivity contribution < 1.29 is 17.6 Å². The Kier molecular flexibility index (Phi) is 7.66. The van der Waals surface area contributed by atoms with Crippen LogP contribution >= 0.6 is 0 Å². The smallest absolute Gasteiger partial charge is 0.231 e. The molecule has 0 unspecified atom stereocenters. The average Bonchev–Trinajstić information content (AvgIpc) is 3.24. The number of halogens is 1. The molecular formula is C29H28FN7O3S. The lowest BCUT2D eigenvalue weighted by Crippen LogP contribution is -2.17. The zero-order chi connectivity index (χ0) is 29.1. The number of carbonyl (C=O) groups is 1. The van der Waals surface area contributed by atoms with Gasteiger partial charge in [-0.2, -0.15) is 4.98 Å². The molecule has 0 spiro atoms. The van der Waals surface area contributed by atoms with Gasteiger partial charge >= 0.3 is 0 Å². The van der Waals surface area contributed by atoms with Crippen LogP contribution in [-0.4, -0.2) is 47.1 Å². The van der Waals surface area contributed by atoms with Gasteiger partial charge in [-0.1, -0.05) is 24.3 Å². The van der Waals surface area contributed by atoms with Crippen LogP contribution in [0.4, 0.5) is 33.5 Å². The number of anilines is 5. The van der Waals surface area contributed by atoms with E-state index < -0.39 is 9.84 Å². The van der Waals surface area contributed by atoms with Gasteiger partial charge in [0.25, 0.3) is 0 Å². The topological polar surface area (TPSA) is 122 Å². The molecule has 5 aromatic rings. The average molecular weight is 574 g/mol. The van der Waals surface area contributed by atoms with Crippen molar-refractivity contribution in [1.82, 2.24) is 19.5 Å². The molecule has 5 rings (SSSR count). The normalized spacial score (nSPS) is 11.4. The Bertz CT molecular complexity index is 1820. The van der Waals surface area contributed by atoms with E-state index in [0.29, 0.717) is 34.4 Å². The van der Waals surface area contributed by atoms with Gasteiger partial charge in [-0.3, -0.25) is 10.1 Å². The summed E-state index contributed by atoms with van der Waals surface area (Å²) in [5.41, 5.74) is 4.49. The number of amides is 1. The van der Waals surface area contributed by atoms with Gasteiger partial charge in [0.15, 0.2) is 9.84 Å². The van der Waals surface area contributed by atoms with E-state index in [0.717, 1.165) is 16.9 Å². The summed E-state index contributed by atoms with van der Waals surface area (Å²) in [5, 5.41) is 5.98. The number of aromatic nitrogens is 4. The fraction of sp³-hybridized carbons (Fsp3) is 0.172. The Hall–Kier alpha value is -4.84. The molecule has 0 saturated heterocycles. The van der Waals surface area contributed by atoms with E-state index in [9.17, 15) is 17.6 Å². The van der Waals surface area contributed by atoms with Crippen molar-refractivity contribution in [2.75, 3.05) is 28.8 Å². The molecule has 0 radical (unpaired) electrons. The third-order valence-corrected chi connectivity index (χ3v) is 7.26. The Balaban J connectivity index is 1.29. The number of nitrogens with zero attached hydrogens (tertiary/aromatic N) is 5. The van der Waals surface area contributed by atoms with E-state index in [2.05, 4.69) is 25.6 Å². The molecule has 41 heavy (non-hydrogen) atoms. The Morgan fingerprint density at radius 1 is 0.976 bits per heavy atom. The first-order chi connectivity index (χ1) is 19.5. The molecule has 0 aliphatic carbocycles. The molecule has 10 nitrogen and oxygen atoms in total. The fourth-order valence-electron chi connectivity index (χ4n) is 4.31. The standard InChI is InChI=1S/C29H28FN7O3S/c1-36(26-14-15-31-28(34-26)32-22-10-6-20(7-11-22)18-41(3,39)40)23-12-13-25-24(17-23)33-29(37(25)2)35-27(38)16-19-4-8-21(30)9-5-19/h4-15,17H,16,18H2,1-3H3,(H,31,32,34)(H,33,35,38). The SMILES string of the molecule is CN(c1ccc2c(c1)nc(NC(=O)Cc1ccc(F)cc1)n2C)c1ccnc(Nc2ccc(CS(C)(=O)=O)cc2)n1. The maximum atomic E-state index is 13.2. The maximum absolute atomic E-state index is 13.2. The Morgan fingerprint density at radius 2 is 1.68 bits per heavy atom. The summed E-state index contributed by atoms with van der Waals surface area (Å²) in [6.45, 7) is 0. The van der Waals surface area contributed by atoms with E-state index in [1.807, 2.05) is 37.2 Å². The zero-order valence-corrected chi connectivity index (χ0v) is 23.5. The van der Waals surface area contributed by atoms with Crippen LogP contribution in [0.5, 0.6) is 0 Å². The number of benzene rings is 3. The molecule has 1 amide bonds. The van der Waals surface area contributed by atoms with Crippen molar-refractivity contribution in [3.8, 4) is 0 Å². The molecule has 12 heteroatoms. The van der Waals surface area contributed by atoms with Gasteiger partial charge in [0.2, 0.25) is 17.8 Å². The second-order valence-electron chi connectivity index (χ2n) is 9.71. The minimum absolute atomic E-state index is 0.0193. The highest BCUT2D eigenvalue weighted by atomic mass is 32.2. The molecule has 0 fully saturated rings. The maximum Gasteiger partial charge on any atom is 0.231 e. The van der Waals surface area contributed by atoms with Gasteiger partial charge in [-0.25, -0.2) is 22.8 Å². The molecule has 2 aromatic heterocycles. The summed E-state index contributed by atoms with van der Waals surface area (Å²) < 4.78 is 38.0. The van der Waals surface area contributed by atoms with Crippen molar-refractivity contribution in [2.45, 2.75) is 12.2 Å². The second-order valence-corrected chi connectivity index (χ2v) is 11.8. The number of hydrogen-bond acceptors (Lipinski definition) is 8. The number of fused-ring (bicyclic) bond motifs is 1. The lowest BCUT2D eigenvalue weighted by molar-refractivity contribution is -0.115. The number of imidazole rings is 1. The minimum Gasteiger partial charge on any atom is -0.329 e. The lowest BCUT2D eigenvalue weighted by Gasteiger charge is -2.19. The monoisotopic (exact) mass is 573 g/mol. The van der Waals surface area contributed by atoms with Gasteiger partial charge in [-0.15, -0.1) is 0 Å². The predicted octanol–water partition coefficient (Wildman–Crippen LogP) is 4.74. The van der Waals surface area contributed by atoms with Crippen LogP contribution in [0.15, 0.2) is 79.0 Å². The first kappa shape index (κ1) is 27.7. The van der Waals surface area contributed by atoms with Gasteiger partial charge in [0.05, 0.1) is 23.2 Å². The van der Waals surface area contributed by atoms with Crippen LogP contribution in [0.3, 0.4) is 0 Å². The van der Waals surface area contributed by atoms with Gasteiger partial charge in [-0.05, 0) is 59.7 Å². The van der Waals surface area contributed by atoms with Crippen molar-refractivity contribution in [2.24, 2.45) is 7.05 Å². The Morgan fingerprint density at radius 3 is 2.39 bits per heavy atom. The number of rotatable bonds is 9. The van der Waals surface area contributed by atoms with Crippen LogP contribution in [0.25, 0.3) is 11.0 Å². The van der Waals surface area contributed by atoms with Crippen LogP contribution in [-0.2, 0) is 33.9 Å². The molecule has 2 N–H and O–H groups in total. The first-order valence-corrected chi connectivity index (χ1v) is 14.7. The van der Waals surface area contributed by atoms with Crippen molar-refractivity contribution in [3.63, 3.8) is 0 Å². The highest BCUT2D eigenvalue weighted by molar-refractivity contribution is 7.89. The molecule has 3 aromatic carbocycles. The van der Waals surface area contributed by atoms with E-state index >= 15 is 0 Å². The Labute approximate surface area is 236 Å². The number of hydrogen-bond donors (Lipinski definition) is 2. The summed E-state index contributed by atoms with van der Waals surface area (Å²) in [6, 6.07) is 20.4. The predicted molar refractivity (Wildman–Crippen MR) is 158 cm³/mol. The number of carbonyl (C=O) groups excluding carboxylic acids is 1. The molecule has 0 aliphatic heterocycles. The second kappa shape index (κ2) is 11.3. The minimum atomic E-state index is -3.11. The van der Waals surface area contributed by atoms with E-state index in [-0.39, 0.29) is 23.9 Å². The fourth-order valence-corrected chi connectivity index (χ4v) is 5.11.